The minimum Gasteiger partial charge on any atom is -0.488 e. The Bertz CT molecular complexity index is 555. The van der Waals surface area contributed by atoms with E-state index in [1.165, 1.54) is 6.07 Å². The van der Waals surface area contributed by atoms with Gasteiger partial charge in [-0.2, -0.15) is 0 Å². The topological polar surface area (TPSA) is 44.7 Å². The smallest absolute Gasteiger partial charge is 0.169 e. The lowest BCUT2D eigenvalue weighted by molar-refractivity contribution is 0.121. The number of nitrogens with one attached hydrogen (secondary N) is 1. The van der Waals surface area contributed by atoms with Crippen molar-refractivity contribution in [3.63, 3.8) is 0 Å². The summed E-state index contributed by atoms with van der Waals surface area (Å²) in [6, 6.07) is 1.84. The molecule has 0 bridgehead atoms. The first-order chi connectivity index (χ1) is 9.60. The molecule has 20 heavy (non-hydrogen) atoms. The van der Waals surface area contributed by atoms with Gasteiger partial charge in [0.15, 0.2) is 16.7 Å². The predicted molar refractivity (Wildman–Crippen MR) is 72.7 cm³/mol. The summed E-state index contributed by atoms with van der Waals surface area (Å²) in [5.41, 5.74) is 0.491. The van der Waals surface area contributed by atoms with Crippen LogP contribution in [0.2, 0.25) is 0 Å². The van der Waals surface area contributed by atoms with E-state index in [1.54, 1.807) is 0 Å². The second-order valence-electron chi connectivity index (χ2n) is 4.97. The monoisotopic (exact) mass is 300 g/mol. The van der Waals surface area contributed by atoms with Crippen LogP contribution in [0.4, 0.5) is 8.78 Å². The summed E-state index contributed by atoms with van der Waals surface area (Å²) in [5.74, 6) is -1.19. The Morgan fingerprint density at radius 3 is 3.00 bits per heavy atom. The number of aliphatic hydroxyl groups excluding tert-OH is 1. The minimum atomic E-state index is -0.681. The summed E-state index contributed by atoms with van der Waals surface area (Å²) in [7, 11) is 0. The van der Waals surface area contributed by atoms with Crippen molar-refractivity contribution in [3.05, 3.63) is 29.3 Å². The van der Waals surface area contributed by atoms with Crippen molar-refractivity contribution in [3.8, 4) is 5.75 Å². The van der Waals surface area contributed by atoms with Crippen LogP contribution in [0.1, 0.15) is 5.56 Å². The lowest BCUT2D eigenvalue weighted by Gasteiger charge is -2.36. The third-order valence-electron chi connectivity index (χ3n) is 3.68. The number of hydrogen-bond acceptors (Lipinski definition) is 3. The Labute approximate surface area is 120 Å². The molecule has 0 spiro atoms. The normalized spacial score (nSPS) is 25.1. The van der Waals surface area contributed by atoms with Crippen LogP contribution in [0, 0.1) is 11.6 Å². The van der Waals surface area contributed by atoms with E-state index >= 15 is 0 Å². The van der Waals surface area contributed by atoms with Crippen LogP contribution in [-0.4, -0.2) is 47.0 Å². The van der Waals surface area contributed by atoms with E-state index in [1.807, 2.05) is 4.90 Å². The van der Waals surface area contributed by atoms with Gasteiger partial charge in [0.1, 0.15) is 12.4 Å². The fourth-order valence-corrected chi connectivity index (χ4v) is 3.16. The number of benzene rings is 1. The number of nitrogens with zero attached hydrogens (tertiary/aromatic N) is 1. The zero-order chi connectivity index (χ0) is 14.3. The van der Waals surface area contributed by atoms with E-state index in [4.69, 9.17) is 17.0 Å². The molecule has 0 aliphatic carbocycles. The number of thiocarbonyl (C=S) groups is 1. The van der Waals surface area contributed by atoms with Crippen LogP contribution in [0.3, 0.4) is 0 Å². The third-order valence-corrected chi connectivity index (χ3v) is 4.04. The molecule has 0 radical (unpaired) electrons. The molecule has 3 rings (SSSR count). The van der Waals surface area contributed by atoms with Gasteiger partial charge in [0.2, 0.25) is 0 Å². The first kappa shape index (κ1) is 13.5. The number of ether oxygens (including phenoxy) is 1. The van der Waals surface area contributed by atoms with Crippen LogP contribution in [-0.2, 0) is 6.42 Å². The van der Waals surface area contributed by atoms with E-state index in [0.29, 0.717) is 23.6 Å². The SMILES string of the molecule is OCC1CNC(=S)N1[C@H]1COc2c(F)cc(F)cc2C1. The van der Waals surface area contributed by atoms with Gasteiger partial charge in [0.25, 0.3) is 0 Å². The average Bonchev–Trinajstić information content (AvgIpc) is 2.78. The Kier molecular flexibility index (Phi) is 3.47. The molecule has 2 heterocycles. The highest BCUT2D eigenvalue weighted by Gasteiger charge is 2.36. The molecule has 0 aromatic heterocycles. The highest BCUT2D eigenvalue weighted by Crippen LogP contribution is 2.31. The minimum absolute atomic E-state index is 0.0337. The van der Waals surface area contributed by atoms with Crippen molar-refractivity contribution in [2.45, 2.75) is 18.5 Å². The molecule has 1 unspecified atom stereocenters. The van der Waals surface area contributed by atoms with Crippen molar-refractivity contribution < 1.29 is 18.6 Å². The summed E-state index contributed by atoms with van der Waals surface area (Å²) >= 11 is 5.21. The van der Waals surface area contributed by atoms with Crippen molar-refractivity contribution in [2.24, 2.45) is 0 Å². The molecule has 2 atom stereocenters. The average molecular weight is 300 g/mol. The summed E-state index contributed by atoms with van der Waals surface area (Å²) in [4.78, 5) is 1.86. The molecule has 1 fully saturated rings. The van der Waals surface area contributed by atoms with Gasteiger partial charge < -0.3 is 20.1 Å². The zero-order valence-electron chi connectivity index (χ0n) is 10.6. The molecule has 0 saturated carbocycles. The maximum absolute atomic E-state index is 13.6. The number of rotatable bonds is 2. The fourth-order valence-electron chi connectivity index (χ4n) is 2.77. The van der Waals surface area contributed by atoms with Crippen molar-refractivity contribution in [1.29, 1.82) is 0 Å². The van der Waals surface area contributed by atoms with Gasteiger partial charge >= 0.3 is 0 Å². The summed E-state index contributed by atoms with van der Waals surface area (Å²) in [6.45, 7) is 0.790. The number of hydrogen-bond donors (Lipinski definition) is 2. The zero-order valence-corrected chi connectivity index (χ0v) is 11.4. The van der Waals surface area contributed by atoms with Gasteiger partial charge in [-0.05, 0) is 18.3 Å². The van der Waals surface area contributed by atoms with Crippen LogP contribution < -0.4 is 10.1 Å². The second kappa shape index (κ2) is 5.14. The fraction of sp³-hybridized carbons (Fsp3) is 0.462. The van der Waals surface area contributed by atoms with Crippen LogP contribution >= 0.6 is 12.2 Å². The maximum atomic E-state index is 13.6. The molecule has 2 aliphatic heterocycles. The number of fused-ring (bicyclic) bond motifs is 1. The van der Waals surface area contributed by atoms with E-state index in [9.17, 15) is 13.9 Å². The van der Waals surface area contributed by atoms with Gasteiger partial charge in [0, 0.05) is 24.6 Å². The Morgan fingerprint density at radius 1 is 1.45 bits per heavy atom. The van der Waals surface area contributed by atoms with Crippen molar-refractivity contribution >= 4 is 17.3 Å². The molecule has 0 amide bonds. The van der Waals surface area contributed by atoms with Crippen LogP contribution in [0.5, 0.6) is 5.75 Å². The lowest BCUT2D eigenvalue weighted by Crippen LogP contribution is -2.49. The van der Waals surface area contributed by atoms with Gasteiger partial charge in [0.05, 0.1) is 18.7 Å². The van der Waals surface area contributed by atoms with E-state index in [2.05, 4.69) is 5.32 Å². The van der Waals surface area contributed by atoms with Gasteiger partial charge in [-0.1, -0.05) is 0 Å². The summed E-state index contributed by atoms with van der Waals surface area (Å²) in [5, 5.41) is 12.9. The van der Waals surface area contributed by atoms with Gasteiger partial charge in [-0.15, -0.1) is 0 Å². The second-order valence-corrected chi connectivity index (χ2v) is 5.36. The molecule has 1 aromatic carbocycles. The summed E-state index contributed by atoms with van der Waals surface area (Å²) in [6.07, 6.45) is 0.433. The first-order valence-corrected chi connectivity index (χ1v) is 6.78. The number of aliphatic hydroxyl groups is 1. The molecule has 1 saturated heterocycles. The molecule has 108 valence electrons. The molecule has 7 heteroatoms. The van der Waals surface area contributed by atoms with Crippen LogP contribution in [0.25, 0.3) is 0 Å². The predicted octanol–water partition coefficient (Wildman–Crippen LogP) is 0.819. The number of halogens is 2. The van der Waals surface area contributed by atoms with E-state index in [0.717, 1.165) is 6.07 Å². The molecule has 2 aliphatic rings. The molecule has 4 nitrogen and oxygen atoms in total. The van der Waals surface area contributed by atoms with E-state index in [-0.39, 0.29) is 31.0 Å². The summed E-state index contributed by atoms with van der Waals surface area (Å²) < 4.78 is 32.3. The molecular formula is C13H14F2N2O2S. The van der Waals surface area contributed by atoms with Gasteiger partial charge in [-0.25, -0.2) is 8.78 Å². The van der Waals surface area contributed by atoms with Crippen molar-refractivity contribution in [1.82, 2.24) is 10.2 Å². The first-order valence-electron chi connectivity index (χ1n) is 6.38. The third kappa shape index (κ3) is 2.20. The molecule has 1 aromatic rings. The highest BCUT2D eigenvalue weighted by molar-refractivity contribution is 7.80. The Hall–Kier alpha value is -1.47. The standard InChI is InChI=1S/C13H14F2N2O2S/c14-8-1-7-2-9(6-19-12(7)11(15)3-8)17-10(5-18)4-16-13(17)20/h1,3,9-10,18H,2,4-6H2,(H,16,20)/t9-,10?/m1/s1. The Morgan fingerprint density at radius 2 is 2.25 bits per heavy atom. The maximum Gasteiger partial charge on any atom is 0.169 e. The van der Waals surface area contributed by atoms with Gasteiger partial charge in [-0.3, -0.25) is 0 Å². The highest BCUT2D eigenvalue weighted by atomic mass is 32.1. The van der Waals surface area contributed by atoms with E-state index < -0.39 is 11.6 Å². The van der Waals surface area contributed by atoms with Crippen molar-refractivity contribution in [2.75, 3.05) is 19.8 Å². The Balaban J connectivity index is 1.86. The molecular weight excluding hydrogens is 286 g/mol. The molecule has 2 N–H and O–H groups in total. The van der Waals surface area contributed by atoms with Crippen LogP contribution in [0.15, 0.2) is 12.1 Å². The lowest BCUT2D eigenvalue weighted by atomic mass is 10.0. The largest absolute Gasteiger partial charge is 0.488 e. The quantitative estimate of drug-likeness (QED) is 0.792.